The Labute approximate surface area is 129 Å². The number of nitrogens with zero attached hydrogens (tertiary/aromatic N) is 1. The molecule has 2 N–H and O–H groups in total. The van der Waals surface area contributed by atoms with Crippen molar-refractivity contribution in [1.82, 2.24) is 10.2 Å². The molecule has 0 aliphatic carbocycles. The van der Waals surface area contributed by atoms with Crippen LogP contribution in [0.15, 0.2) is 30.3 Å². The zero-order valence-corrected chi connectivity index (χ0v) is 13.6. The highest BCUT2D eigenvalue weighted by Gasteiger charge is 2.27. The number of aliphatic hydroxyl groups is 1. The van der Waals surface area contributed by atoms with E-state index in [4.69, 9.17) is 0 Å². The molecule has 3 heteroatoms. The van der Waals surface area contributed by atoms with Crippen LogP contribution in [0.5, 0.6) is 0 Å². The largest absolute Gasteiger partial charge is 0.377 e. The Morgan fingerprint density at radius 1 is 1.14 bits per heavy atom. The van der Waals surface area contributed by atoms with E-state index < -0.39 is 6.23 Å². The number of hydrogen-bond donors (Lipinski definition) is 2. The summed E-state index contributed by atoms with van der Waals surface area (Å²) in [5.74, 6) is 1.24. The lowest BCUT2D eigenvalue weighted by Crippen LogP contribution is -2.51. The van der Waals surface area contributed by atoms with Crippen molar-refractivity contribution in [3.05, 3.63) is 35.9 Å². The lowest BCUT2D eigenvalue weighted by molar-refractivity contribution is 0.0222. The topological polar surface area (TPSA) is 35.5 Å². The highest BCUT2D eigenvalue weighted by molar-refractivity contribution is 5.20. The molecule has 2 rings (SSSR count). The molecule has 2 atom stereocenters. The van der Waals surface area contributed by atoms with Crippen molar-refractivity contribution in [3.63, 3.8) is 0 Å². The Hall–Kier alpha value is -0.900. The van der Waals surface area contributed by atoms with Gasteiger partial charge in [0.15, 0.2) is 0 Å². The summed E-state index contributed by atoms with van der Waals surface area (Å²) >= 11 is 0. The van der Waals surface area contributed by atoms with E-state index in [1.165, 1.54) is 18.4 Å². The average molecular weight is 290 g/mol. The van der Waals surface area contributed by atoms with E-state index in [1.807, 2.05) is 0 Å². The van der Waals surface area contributed by atoms with Crippen LogP contribution in [-0.4, -0.2) is 41.9 Å². The number of piperidine rings is 1. The lowest BCUT2D eigenvalue weighted by Gasteiger charge is -2.38. The highest BCUT2D eigenvalue weighted by Crippen LogP contribution is 2.28. The molecule has 0 bridgehead atoms. The molecular formula is C18H30N2O. The molecule has 0 saturated carbocycles. The average Bonchev–Trinajstić information content (AvgIpc) is 2.53. The van der Waals surface area contributed by atoms with E-state index in [9.17, 15) is 5.11 Å². The molecular weight excluding hydrogens is 260 g/mol. The second kappa shape index (κ2) is 7.92. The predicted octanol–water partition coefficient (Wildman–Crippen LogP) is 2.82. The molecule has 3 nitrogen and oxygen atoms in total. The molecule has 1 fully saturated rings. The van der Waals surface area contributed by atoms with Crippen LogP contribution in [0.1, 0.15) is 45.1 Å². The van der Waals surface area contributed by atoms with Gasteiger partial charge in [0.1, 0.15) is 6.23 Å². The van der Waals surface area contributed by atoms with Crippen LogP contribution < -0.4 is 5.32 Å². The van der Waals surface area contributed by atoms with Gasteiger partial charge in [-0.05, 0) is 56.8 Å². The summed E-state index contributed by atoms with van der Waals surface area (Å²) in [6, 6.07) is 11.0. The third-order valence-electron chi connectivity index (χ3n) is 4.57. The molecule has 0 spiro atoms. The van der Waals surface area contributed by atoms with E-state index in [-0.39, 0.29) is 6.04 Å². The molecule has 2 unspecified atom stereocenters. The molecule has 1 aromatic carbocycles. The van der Waals surface area contributed by atoms with Crippen LogP contribution in [0.2, 0.25) is 0 Å². The van der Waals surface area contributed by atoms with Crippen molar-refractivity contribution in [2.24, 2.45) is 5.92 Å². The van der Waals surface area contributed by atoms with Gasteiger partial charge in [-0.2, -0.15) is 0 Å². The summed E-state index contributed by atoms with van der Waals surface area (Å²) in [5, 5.41) is 13.5. The van der Waals surface area contributed by atoms with Crippen molar-refractivity contribution in [2.75, 3.05) is 19.6 Å². The summed E-state index contributed by atoms with van der Waals surface area (Å²) in [6.07, 6.45) is 1.94. The van der Waals surface area contributed by atoms with Gasteiger partial charge in [0.2, 0.25) is 0 Å². The standard InChI is InChI=1S/C18H30N2O/c1-14(2)13-19-18(21)15(3)20-11-9-17(10-12-20)16-7-5-4-6-8-16/h4-8,14-15,17-19,21H,9-13H2,1-3H3. The van der Waals surface area contributed by atoms with E-state index in [2.05, 4.69) is 61.3 Å². The summed E-state index contributed by atoms with van der Waals surface area (Å²) in [5.41, 5.74) is 1.46. The molecule has 1 heterocycles. The molecule has 1 saturated heterocycles. The highest BCUT2D eigenvalue weighted by atomic mass is 16.3. The monoisotopic (exact) mass is 290 g/mol. The van der Waals surface area contributed by atoms with Crippen LogP contribution in [0.4, 0.5) is 0 Å². The van der Waals surface area contributed by atoms with E-state index >= 15 is 0 Å². The SMILES string of the molecule is CC(C)CNC(O)C(C)N1CCC(c2ccccc2)CC1. The fourth-order valence-electron chi connectivity index (χ4n) is 3.09. The number of rotatable bonds is 6. The van der Waals surface area contributed by atoms with E-state index in [0.717, 1.165) is 19.6 Å². The van der Waals surface area contributed by atoms with Gasteiger partial charge in [-0.15, -0.1) is 0 Å². The molecule has 0 aromatic heterocycles. The predicted molar refractivity (Wildman–Crippen MR) is 88.3 cm³/mol. The Kier molecular flexibility index (Phi) is 6.22. The fraction of sp³-hybridized carbons (Fsp3) is 0.667. The first-order valence-electron chi connectivity index (χ1n) is 8.28. The zero-order chi connectivity index (χ0) is 15.2. The quantitative estimate of drug-likeness (QED) is 0.791. The van der Waals surface area contributed by atoms with Crippen LogP contribution in [0.25, 0.3) is 0 Å². The Morgan fingerprint density at radius 3 is 2.33 bits per heavy atom. The molecule has 1 aliphatic heterocycles. The first-order valence-corrected chi connectivity index (χ1v) is 8.28. The minimum absolute atomic E-state index is 0.181. The minimum Gasteiger partial charge on any atom is -0.377 e. The van der Waals surface area contributed by atoms with Crippen LogP contribution in [0, 0.1) is 5.92 Å². The number of hydrogen-bond acceptors (Lipinski definition) is 3. The summed E-state index contributed by atoms with van der Waals surface area (Å²) in [4.78, 5) is 2.41. The summed E-state index contributed by atoms with van der Waals surface area (Å²) in [7, 11) is 0. The van der Waals surface area contributed by atoms with Gasteiger partial charge >= 0.3 is 0 Å². The Bertz CT molecular complexity index is 399. The van der Waals surface area contributed by atoms with Gasteiger partial charge in [-0.3, -0.25) is 10.2 Å². The fourth-order valence-corrected chi connectivity index (χ4v) is 3.09. The van der Waals surface area contributed by atoms with Gasteiger partial charge in [0.05, 0.1) is 0 Å². The normalized spacial score (nSPS) is 20.6. The minimum atomic E-state index is -0.430. The van der Waals surface area contributed by atoms with Crippen molar-refractivity contribution < 1.29 is 5.11 Å². The van der Waals surface area contributed by atoms with Gasteiger partial charge in [0, 0.05) is 6.04 Å². The van der Waals surface area contributed by atoms with E-state index in [1.54, 1.807) is 0 Å². The van der Waals surface area contributed by atoms with Gasteiger partial charge in [-0.25, -0.2) is 0 Å². The molecule has 0 amide bonds. The number of nitrogens with one attached hydrogen (secondary N) is 1. The van der Waals surface area contributed by atoms with Gasteiger partial charge < -0.3 is 5.11 Å². The summed E-state index contributed by atoms with van der Waals surface area (Å²) < 4.78 is 0. The maximum Gasteiger partial charge on any atom is 0.120 e. The number of benzene rings is 1. The molecule has 118 valence electrons. The summed E-state index contributed by atoms with van der Waals surface area (Å²) in [6.45, 7) is 9.46. The van der Waals surface area contributed by atoms with Crippen molar-refractivity contribution in [1.29, 1.82) is 0 Å². The Balaban J connectivity index is 1.80. The van der Waals surface area contributed by atoms with Crippen LogP contribution >= 0.6 is 0 Å². The lowest BCUT2D eigenvalue weighted by atomic mass is 9.89. The van der Waals surface area contributed by atoms with Crippen LogP contribution in [-0.2, 0) is 0 Å². The van der Waals surface area contributed by atoms with Crippen molar-refractivity contribution >= 4 is 0 Å². The first kappa shape index (κ1) is 16.5. The third-order valence-corrected chi connectivity index (χ3v) is 4.57. The Morgan fingerprint density at radius 2 is 1.76 bits per heavy atom. The molecule has 1 aromatic rings. The van der Waals surface area contributed by atoms with Gasteiger partial charge in [0.25, 0.3) is 0 Å². The first-order chi connectivity index (χ1) is 10.1. The van der Waals surface area contributed by atoms with E-state index in [0.29, 0.717) is 11.8 Å². The maximum absolute atomic E-state index is 10.2. The smallest absolute Gasteiger partial charge is 0.120 e. The maximum atomic E-state index is 10.2. The number of likely N-dealkylation sites (tertiary alicyclic amines) is 1. The van der Waals surface area contributed by atoms with Crippen LogP contribution in [0.3, 0.4) is 0 Å². The van der Waals surface area contributed by atoms with Crippen molar-refractivity contribution in [2.45, 2.75) is 51.8 Å². The second-order valence-electron chi connectivity index (χ2n) is 6.71. The second-order valence-corrected chi connectivity index (χ2v) is 6.71. The molecule has 1 aliphatic rings. The zero-order valence-electron chi connectivity index (χ0n) is 13.6. The van der Waals surface area contributed by atoms with Crippen molar-refractivity contribution in [3.8, 4) is 0 Å². The molecule has 0 radical (unpaired) electrons. The third kappa shape index (κ3) is 4.80. The molecule has 21 heavy (non-hydrogen) atoms. The van der Waals surface area contributed by atoms with Gasteiger partial charge in [-0.1, -0.05) is 44.2 Å². The number of aliphatic hydroxyl groups excluding tert-OH is 1.